The van der Waals surface area contributed by atoms with Crippen LogP contribution in [-0.4, -0.2) is 6.61 Å². The molecule has 0 fully saturated rings. The molecule has 0 spiro atoms. The van der Waals surface area contributed by atoms with Gasteiger partial charge in [-0.05, 0) is 28.1 Å². The number of benzene rings is 1. The lowest BCUT2D eigenvalue weighted by Crippen LogP contribution is -2.04. The molecule has 0 saturated heterocycles. The highest BCUT2D eigenvalue weighted by Crippen LogP contribution is 2.35. The maximum atomic E-state index is 12.8. The summed E-state index contributed by atoms with van der Waals surface area (Å²) >= 11 is 8.44. The largest absolute Gasteiger partial charge is 0.430 e. The summed E-state index contributed by atoms with van der Waals surface area (Å²) < 4.78 is 40.5. The van der Waals surface area contributed by atoms with E-state index in [2.05, 4.69) is 20.7 Å². The Balaban J connectivity index is 3.10. The molecule has 0 aromatic heterocycles. The van der Waals surface area contributed by atoms with Gasteiger partial charge in [0.25, 0.3) is 0 Å². The minimum absolute atomic E-state index is 0.208. The normalized spacial score (nSPS) is 10.6. The second kappa shape index (κ2) is 4.19. The van der Waals surface area contributed by atoms with Crippen LogP contribution in [-0.2, 0) is 0 Å². The van der Waals surface area contributed by atoms with E-state index in [1.54, 1.807) is 0 Å². The molecule has 72 valence electrons. The van der Waals surface area contributed by atoms with Crippen LogP contribution in [0.25, 0.3) is 0 Å². The number of ether oxygens (including phenoxy) is 1. The first kappa shape index (κ1) is 10.7. The van der Waals surface area contributed by atoms with Crippen molar-refractivity contribution >= 4 is 27.5 Å². The molecule has 0 heterocycles. The van der Waals surface area contributed by atoms with E-state index in [0.29, 0.717) is 4.47 Å². The third-order valence-electron chi connectivity index (χ3n) is 1.21. The molecule has 0 aliphatic heterocycles. The van der Waals surface area contributed by atoms with E-state index < -0.39 is 18.2 Å². The van der Waals surface area contributed by atoms with E-state index in [0.717, 1.165) is 6.07 Å². The van der Waals surface area contributed by atoms with Crippen LogP contribution in [0.1, 0.15) is 0 Å². The summed E-state index contributed by atoms with van der Waals surface area (Å²) in [7, 11) is 0. The Labute approximate surface area is 85.6 Å². The van der Waals surface area contributed by atoms with Crippen molar-refractivity contribution in [3.8, 4) is 5.75 Å². The number of rotatable bonds is 2. The maximum Gasteiger partial charge on any atom is 0.387 e. The van der Waals surface area contributed by atoms with Crippen LogP contribution in [0.15, 0.2) is 16.6 Å². The Hall–Kier alpha value is -0.420. The molecule has 0 atom stereocenters. The van der Waals surface area contributed by atoms with Gasteiger partial charge in [0.05, 0.1) is 0 Å². The Morgan fingerprint density at radius 1 is 1.38 bits per heavy atom. The average molecular weight is 275 g/mol. The van der Waals surface area contributed by atoms with E-state index in [4.69, 9.17) is 11.6 Å². The molecule has 0 unspecified atom stereocenters. The van der Waals surface area contributed by atoms with E-state index in [-0.39, 0.29) is 5.02 Å². The standard InChI is InChI=1S/C7H3BrClF3O/c8-3-1-2-4(10)6(5(3)9)13-7(11)12/h1-2,7H. The van der Waals surface area contributed by atoms with Crippen LogP contribution in [0.4, 0.5) is 13.2 Å². The van der Waals surface area contributed by atoms with Gasteiger partial charge in [-0.25, -0.2) is 4.39 Å². The highest BCUT2D eigenvalue weighted by molar-refractivity contribution is 9.10. The molecule has 6 heteroatoms. The van der Waals surface area contributed by atoms with E-state index >= 15 is 0 Å². The van der Waals surface area contributed by atoms with Crippen LogP contribution in [0.5, 0.6) is 5.75 Å². The van der Waals surface area contributed by atoms with Crippen molar-refractivity contribution in [3.63, 3.8) is 0 Å². The summed E-state index contributed by atoms with van der Waals surface area (Å²) in [6, 6.07) is 2.28. The van der Waals surface area contributed by atoms with Gasteiger partial charge in [0.15, 0.2) is 11.6 Å². The van der Waals surface area contributed by atoms with Crippen LogP contribution in [0, 0.1) is 5.82 Å². The van der Waals surface area contributed by atoms with Crippen molar-refractivity contribution in [2.24, 2.45) is 0 Å². The van der Waals surface area contributed by atoms with Crippen molar-refractivity contribution in [1.82, 2.24) is 0 Å². The lowest BCUT2D eigenvalue weighted by Gasteiger charge is -2.08. The Kier molecular flexibility index (Phi) is 3.44. The fraction of sp³-hybridized carbons (Fsp3) is 0.143. The zero-order valence-corrected chi connectivity index (χ0v) is 8.37. The van der Waals surface area contributed by atoms with Gasteiger partial charge in [0.1, 0.15) is 5.02 Å². The summed E-state index contributed by atoms with van der Waals surface area (Å²) in [5, 5.41) is -0.208. The van der Waals surface area contributed by atoms with Gasteiger partial charge in [0.2, 0.25) is 0 Å². The van der Waals surface area contributed by atoms with Crippen molar-refractivity contribution < 1.29 is 17.9 Å². The zero-order chi connectivity index (χ0) is 10.0. The Morgan fingerprint density at radius 3 is 2.54 bits per heavy atom. The first-order valence-electron chi connectivity index (χ1n) is 3.10. The monoisotopic (exact) mass is 274 g/mol. The molecule has 0 saturated carbocycles. The molecule has 1 aromatic carbocycles. The average Bonchev–Trinajstić information content (AvgIpc) is 2.05. The molecular formula is C7H3BrClF3O. The topological polar surface area (TPSA) is 9.23 Å². The smallest absolute Gasteiger partial charge is 0.387 e. The minimum Gasteiger partial charge on any atom is -0.430 e. The first-order chi connectivity index (χ1) is 6.02. The SMILES string of the molecule is Fc1ccc(Br)c(Cl)c1OC(F)F. The minimum atomic E-state index is -3.10. The summed E-state index contributed by atoms with van der Waals surface area (Å²) in [5.41, 5.74) is 0. The molecule has 0 amide bonds. The van der Waals surface area contributed by atoms with Gasteiger partial charge in [-0.15, -0.1) is 0 Å². The van der Waals surface area contributed by atoms with Crippen molar-refractivity contribution in [3.05, 3.63) is 27.4 Å². The first-order valence-corrected chi connectivity index (χ1v) is 4.27. The predicted octanol–water partition coefficient (Wildman–Crippen LogP) is 3.84. The van der Waals surface area contributed by atoms with Crippen LogP contribution in [0.3, 0.4) is 0 Å². The third kappa shape index (κ3) is 2.51. The molecule has 0 N–H and O–H groups in total. The van der Waals surface area contributed by atoms with E-state index in [9.17, 15) is 13.2 Å². The fourth-order valence-electron chi connectivity index (χ4n) is 0.706. The van der Waals surface area contributed by atoms with Gasteiger partial charge >= 0.3 is 6.61 Å². The van der Waals surface area contributed by atoms with Gasteiger partial charge < -0.3 is 4.74 Å². The second-order valence-corrected chi connectivity index (χ2v) is 3.28. The van der Waals surface area contributed by atoms with Crippen molar-refractivity contribution in [2.45, 2.75) is 6.61 Å². The van der Waals surface area contributed by atoms with Gasteiger partial charge in [-0.3, -0.25) is 0 Å². The summed E-state index contributed by atoms with van der Waals surface area (Å²) in [6.45, 7) is -3.10. The van der Waals surface area contributed by atoms with E-state index in [1.807, 2.05) is 0 Å². The number of hydrogen-bond acceptors (Lipinski definition) is 1. The van der Waals surface area contributed by atoms with Gasteiger partial charge in [-0.1, -0.05) is 11.6 Å². The Bertz CT molecular complexity index is 319. The highest BCUT2D eigenvalue weighted by Gasteiger charge is 2.15. The predicted molar refractivity (Wildman–Crippen MR) is 45.7 cm³/mol. The zero-order valence-electron chi connectivity index (χ0n) is 6.03. The van der Waals surface area contributed by atoms with Crippen LogP contribution in [0.2, 0.25) is 5.02 Å². The van der Waals surface area contributed by atoms with Crippen LogP contribution >= 0.6 is 27.5 Å². The summed E-state index contributed by atoms with van der Waals surface area (Å²) in [6.07, 6.45) is 0. The molecule has 1 aromatic rings. The number of halogens is 5. The molecule has 0 bridgehead atoms. The van der Waals surface area contributed by atoms with Gasteiger partial charge in [-0.2, -0.15) is 8.78 Å². The number of alkyl halides is 2. The molecule has 13 heavy (non-hydrogen) atoms. The molecule has 0 aliphatic rings. The molecule has 0 aliphatic carbocycles. The molecule has 1 nitrogen and oxygen atoms in total. The number of hydrogen-bond donors (Lipinski definition) is 0. The second-order valence-electron chi connectivity index (χ2n) is 2.05. The summed E-state index contributed by atoms with van der Waals surface area (Å²) in [5.74, 6) is -1.57. The fourth-order valence-corrected chi connectivity index (χ4v) is 1.22. The maximum absolute atomic E-state index is 12.8. The van der Waals surface area contributed by atoms with E-state index in [1.165, 1.54) is 6.07 Å². The Morgan fingerprint density at radius 2 is 2.00 bits per heavy atom. The van der Waals surface area contributed by atoms with Gasteiger partial charge in [0, 0.05) is 4.47 Å². The molecule has 1 rings (SSSR count). The quantitative estimate of drug-likeness (QED) is 0.745. The summed E-state index contributed by atoms with van der Waals surface area (Å²) in [4.78, 5) is 0. The van der Waals surface area contributed by atoms with Crippen molar-refractivity contribution in [2.75, 3.05) is 0 Å². The lowest BCUT2D eigenvalue weighted by atomic mass is 10.3. The van der Waals surface area contributed by atoms with Crippen molar-refractivity contribution in [1.29, 1.82) is 0 Å². The van der Waals surface area contributed by atoms with Crippen LogP contribution < -0.4 is 4.74 Å². The lowest BCUT2D eigenvalue weighted by molar-refractivity contribution is -0.0521. The molecular weight excluding hydrogens is 272 g/mol. The third-order valence-corrected chi connectivity index (χ3v) is 2.47. The molecule has 0 radical (unpaired) electrons. The highest BCUT2D eigenvalue weighted by atomic mass is 79.9.